The molecule has 0 radical (unpaired) electrons. The molecule has 0 aliphatic rings. The minimum Gasteiger partial charge on any atom is -0.302 e. The molecule has 0 fully saturated rings. The lowest BCUT2D eigenvalue weighted by molar-refractivity contribution is 0.222. The van der Waals surface area contributed by atoms with E-state index in [0.717, 1.165) is 18.5 Å². The van der Waals surface area contributed by atoms with Crippen molar-refractivity contribution in [3.8, 4) is 0 Å². The van der Waals surface area contributed by atoms with Crippen LogP contribution in [0.1, 0.15) is 20.3 Å². The van der Waals surface area contributed by atoms with Crippen LogP contribution >= 0.6 is 32.3 Å². The molecule has 76 valence electrons. The van der Waals surface area contributed by atoms with E-state index in [1.807, 2.05) is 6.92 Å². The van der Waals surface area contributed by atoms with Crippen molar-refractivity contribution in [1.29, 1.82) is 0 Å². The maximum absolute atomic E-state index is 10.8. The highest BCUT2D eigenvalue weighted by Gasteiger charge is 2.19. The number of rotatable bonds is 6. The van der Waals surface area contributed by atoms with Crippen molar-refractivity contribution in [3.05, 3.63) is 0 Å². The quantitative estimate of drug-likeness (QED) is 0.436. The number of hydrogen-bond donors (Lipinski definition) is 1. The summed E-state index contributed by atoms with van der Waals surface area (Å²) in [6, 6.07) is 0. The van der Waals surface area contributed by atoms with Gasteiger partial charge in [-0.25, -0.2) is 8.54 Å². The van der Waals surface area contributed by atoms with E-state index in [0.29, 0.717) is 5.75 Å². The molecule has 1 N–H and O–H groups in total. The summed E-state index contributed by atoms with van der Waals surface area (Å²) in [5, 5.41) is 0. The predicted octanol–water partition coefficient (Wildman–Crippen LogP) is 2.62. The van der Waals surface area contributed by atoms with Crippen LogP contribution in [0, 0.1) is 0 Å². The van der Waals surface area contributed by atoms with Crippen molar-refractivity contribution >= 4 is 32.3 Å². The molecule has 4 nitrogen and oxygen atoms in total. The average molecular weight is 237 g/mol. The molecule has 1 atom stereocenters. The molecule has 0 saturated heterocycles. The third-order valence-electron chi connectivity index (χ3n) is 0.727. The number of hydrogen-bond acceptors (Lipinski definition) is 4. The fourth-order valence-electron chi connectivity index (χ4n) is 0.372. The lowest BCUT2D eigenvalue weighted by Gasteiger charge is -2.07. The van der Waals surface area contributed by atoms with E-state index < -0.39 is 7.82 Å². The van der Waals surface area contributed by atoms with Crippen LogP contribution in [0.4, 0.5) is 0 Å². The lowest BCUT2D eigenvalue weighted by atomic mass is 10.6. The third kappa shape index (κ3) is 8.84. The highest BCUT2D eigenvalue weighted by Crippen LogP contribution is 2.46. The monoisotopic (exact) mass is 236 g/mol. The van der Waals surface area contributed by atoms with Crippen LogP contribution in [0.25, 0.3) is 0 Å². The molecule has 12 heavy (non-hydrogen) atoms. The number of phosphoric acid groups is 1. The zero-order chi connectivity index (χ0) is 8.74. The van der Waals surface area contributed by atoms with Crippen LogP contribution < -0.4 is 0 Å². The highest BCUT2D eigenvalue weighted by atomic mass is 35.5. The Morgan fingerprint density at radius 3 is 2.50 bits per heavy atom. The Balaban J connectivity index is 0. The summed E-state index contributed by atoms with van der Waals surface area (Å²) in [4.78, 5) is 8.83. The van der Waals surface area contributed by atoms with Gasteiger partial charge in [-0.05, 0) is 13.3 Å². The SMILES string of the molecule is CCCSOP(=O)(O)OCC.Cl. The molecule has 1 unspecified atom stereocenters. The minimum atomic E-state index is -3.76. The van der Waals surface area contributed by atoms with Crippen LogP contribution in [0.2, 0.25) is 0 Å². The molecule has 0 amide bonds. The van der Waals surface area contributed by atoms with E-state index in [-0.39, 0.29) is 19.0 Å². The van der Waals surface area contributed by atoms with Gasteiger partial charge in [-0.2, -0.15) is 0 Å². The van der Waals surface area contributed by atoms with Crippen LogP contribution in [0.5, 0.6) is 0 Å². The van der Waals surface area contributed by atoms with Crippen molar-refractivity contribution < 1.29 is 18.0 Å². The van der Waals surface area contributed by atoms with Gasteiger partial charge in [0.25, 0.3) is 0 Å². The molecule has 0 aromatic carbocycles. The first-order valence-electron chi connectivity index (χ1n) is 3.41. The van der Waals surface area contributed by atoms with E-state index >= 15 is 0 Å². The normalized spacial score (nSPS) is 14.9. The van der Waals surface area contributed by atoms with Crippen molar-refractivity contribution in [1.82, 2.24) is 0 Å². The van der Waals surface area contributed by atoms with Crippen LogP contribution in [0.3, 0.4) is 0 Å². The molecule has 0 aromatic heterocycles. The summed E-state index contributed by atoms with van der Waals surface area (Å²) in [7, 11) is -3.76. The second-order valence-electron chi connectivity index (χ2n) is 1.78. The third-order valence-corrected chi connectivity index (χ3v) is 3.06. The Bertz CT molecular complexity index is 145. The second-order valence-corrected chi connectivity index (χ2v) is 4.22. The standard InChI is InChI=1S/C5H13O4PS.ClH/c1-3-5-11-9-10(6,7)8-4-2;/h3-5H2,1-2H3,(H,6,7);1H. The molecule has 0 bridgehead atoms. The van der Waals surface area contributed by atoms with E-state index in [4.69, 9.17) is 4.89 Å². The van der Waals surface area contributed by atoms with E-state index in [1.54, 1.807) is 6.92 Å². The molecular formula is C5H14ClO4PS. The van der Waals surface area contributed by atoms with Gasteiger partial charge in [0.05, 0.1) is 6.61 Å². The topological polar surface area (TPSA) is 55.8 Å². The van der Waals surface area contributed by atoms with Gasteiger partial charge in [-0.3, -0.25) is 4.52 Å². The minimum absolute atomic E-state index is 0. The van der Waals surface area contributed by atoms with Crippen LogP contribution in [-0.2, 0) is 13.1 Å². The first-order valence-corrected chi connectivity index (χ1v) is 5.81. The van der Waals surface area contributed by atoms with Gasteiger partial charge in [0.2, 0.25) is 0 Å². The van der Waals surface area contributed by atoms with Gasteiger partial charge in [0, 0.05) is 17.8 Å². The zero-order valence-electron chi connectivity index (χ0n) is 7.06. The van der Waals surface area contributed by atoms with E-state index in [1.165, 1.54) is 0 Å². The molecule has 7 heteroatoms. The Morgan fingerprint density at radius 2 is 2.08 bits per heavy atom. The molecular weight excluding hydrogens is 223 g/mol. The lowest BCUT2D eigenvalue weighted by Crippen LogP contribution is -1.89. The first kappa shape index (κ1) is 15.2. The smallest absolute Gasteiger partial charge is 0.302 e. The van der Waals surface area contributed by atoms with Crippen molar-refractivity contribution in [2.45, 2.75) is 20.3 Å². The average Bonchev–Trinajstić information content (AvgIpc) is 1.87. The Morgan fingerprint density at radius 1 is 1.50 bits per heavy atom. The highest BCUT2D eigenvalue weighted by molar-refractivity contribution is 7.97. The Hall–Kier alpha value is 0.750. The van der Waals surface area contributed by atoms with Gasteiger partial charge >= 0.3 is 7.82 Å². The van der Waals surface area contributed by atoms with Crippen LogP contribution in [0.15, 0.2) is 0 Å². The van der Waals surface area contributed by atoms with Crippen molar-refractivity contribution in [3.63, 3.8) is 0 Å². The molecule has 0 spiro atoms. The zero-order valence-corrected chi connectivity index (χ0v) is 9.58. The maximum Gasteiger partial charge on any atom is 0.483 e. The van der Waals surface area contributed by atoms with Gasteiger partial charge in [0.1, 0.15) is 0 Å². The van der Waals surface area contributed by atoms with E-state index in [9.17, 15) is 4.57 Å². The van der Waals surface area contributed by atoms with Gasteiger partial charge in [-0.15, -0.1) is 12.4 Å². The summed E-state index contributed by atoms with van der Waals surface area (Å²) in [6.45, 7) is 3.77. The summed E-state index contributed by atoms with van der Waals surface area (Å²) in [6.07, 6.45) is 0.900. The summed E-state index contributed by atoms with van der Waals surface area (Å²) < 4.78 is 19.7. The Kier molecular flexibility index (Phi) is 10.6. The maximum atomic E-state index is 10.8. The molecule has 0 aliphatic heterocycles. The van der Waals surface area contributed by atoms with Gasteiger partial charge in [-0.1, -0.05) is 6.92 Å². The van der Waals surface area contributed by atoms with Gasteiger partial charge in [0.15, 0.2) is 0 Å². The summed E-state index contributed by atoms with van der Waals surface area (Å²) >= 11 is 0.962. The fraction of sp³-hybridized carbons (Fsp3) is 1.00. The summed E-state index contributed by atoms with van der Waals surface area (Å²) in [5.74, 6) is 0.692. The van der Waals surface area contributed by atoms with E-state index in [2.05, 4.69) is 8.49 Å². The molecule has 0 saturated carbocycles. The van der Waals surface area contributed by atoms with Crippen molar-refractivity contribution in [2.75, 3.05) is 12.4 Å². The second kappa shape index (κ2) is 8.35. The first-order chi connectivity index (χ1) is 5.12. The summed E-state index contributed by atoms with van der Waals surface area (Å²) in [5.41, 5.74) is 0. The molecule has 0 heterocycles. The number of halogens is 1. The van der Waals surface area contributed by atoms with Crippen molar-refractivity contribution in [2.24, 2.45) is 0 Å². The fourth-order valence-corrected chi connectivity index (χ4v) is 1.87. The van der Waals surface area contributed by atoms with Gasteiger partial charge < -0.3 is 4.89 Å². The van der Waals surface area contributed by atoms with Crippen LogP contribution in [-0.4, -0.2) is 17.3 Å². The molecule has 0 rings (SSSR count). The largest absolute Gasteiger partial charge is 0.483 e. The predicted molar refractivity (Wildman–Crippen MR) is 52.5 cm³/mol. The number of phosphoric ester groups is 1. The Labute approximate surface area is 83.3 Å². The molecule has 0 aromatic rings. The molecule has 0 aliphatic carbocycles.